The van der Waals surface area contributed by atoms with Gasteiger partial charge in [-0.2, -0.15) is 0 Å². The van der Waals surface area contributed by atoms with E-state index < -0.39 is 41.3 Å². The molecular formula is C6H2ClKN2O7S. The Morgan fingerprint density at radius 3 is 1.94 bits per heavy atom. The summed E-state index contributed by atoms with van der Waals surface area (Å²) in [6.07, 6.45) is 0. The van der Waals surface area contributed by atoms with Gasteiger partial charge in [0.1, 0.15) is 15.1 Å². The number of halogens is 1. The van der Waals surface area contributed by atoms with Gasteiger partial charge < -0.3 is 4.55 Å². The van der Waals surface area contributed by atoms with Crippen molar-refractivity contribution in [3.8, 4) is 0 Å². The van der Waals surface area contributed by atoms with Crippen LogP contribution in [0, 0.1) is 20.2 Å². The molecule has 0 bridgehead atoms. The van der Waals surface area contributed by atoms with E-state index in [1.165, 1.54) is 0 Å². The molecule has 0 saturated carbocycles. The predicted octanol–water partition coefficient (Wildman–Crippen LogP) is -1.94. The van der Waals surface area contributed by atoms with Gasteiger partial charge in [-0.05, 0) is 6.07 Å². The Morgan fingerprint density at radius 2 is 1.61 bits per heavy atom. The smallest absolute Gasteiger partial charge is 0.744 e. The molecule has 0 aliphatic heterocycles. The molecule has 0 atom stereocenters. The van der Waals surface area contributed by atoms with Crippen LogP contribution in [0.25, 0.3) is 0 Å². The van der Waals surface area contributed by atoms with E-state index >= 15 is 0 Å². The number of nitro groups is 2. The first-order valence-electron chi connectivity index (χ1n) is 3.73. The minimum Gasteiger partial charge on any atom is -0.744 e. The van der Waals surface area contributed by atoms with Crippen LogP contribution in [0.1, 0.15) is 0 Å². The molecule has 0 spiro atoms. The SMILES string of the molecule is O=[N+]([O-])c1ccc(Cl)c([N+](=O)[O-])c1S(=O)(=O)[O-].[K+]. The quantitative estimate of drug-likeness (QED) is 0.273. The van der Waals surface area contributed by atoms with Crippen LogP contribution in [0.5, 0.6) is 0 Å². The van der Waals surface area contributed by atoms with Gasteiger partial charge >= 0.3 is 57.1 Å². The summed E-state index contributed by atoms with van der Waals surface area (Å²) in [5.74, 6) is 0. The molecule has 0 heterocycles. The molecule has 0 amide bonds. The third-order valence-electron chi connectivity index (χ3n) is 1.69. The van der Waals surface area contributed by atoms with Gasteiger partial charge in [0.15, 0.2) is 0 Å². The number of hydrogen-bond acceptors (Lipinski definition) is 7. The fourth-order valence-electron chi connectivity index (χ4n) is 1.10. The van der Waals surface area contributed by atoms with Gasteiger partial charge in [-0.15, -0.1) is 0 Å². The molecule has 0 N–H and O–H groups in total. The second-order valence-electron chi connectivity index (χ2n) is 2.71. The zero-order valence-corrected chi connectivity index (χ0v) is 13.4. The Balaban J connectivity index is 0.00000289. The number of nitrogens with zero attached hydrogens (tertiary/aromatic N) is 2. The van der Waals surface area contributed by atoms with E-state index in [2.05, 4.69) is 0 Å². The summed E-state index contributed by atoms with van der Waals surface area (Å²) in [5, 5.41) is 20.4. The minimum atomic E-state index is -5.39. The van der Waals surface area contributed by atoms with Crippen molar-refractivity contribution in [3.05, 3.63) is 37.4 Å². The Hall–Kier alpha value is -0.144. The van der Waals surface area contributed by atoms with Gasteiger partial charge in [0, 0.05) is 6.07 Å². The van der Waals surface area contributed by atoms with Crippen molar-refractivity contribution in [2.24, 2.45) is 0 Å². The third-order valence-corrected chi connectivity index (χ3v) is 2.90. The van der Waals surface area contributed by atoms with Crippen molar-refractivity contribution in [1.29, 1.82) is 0 Å². The van der Waals surface area contributed by atoms with Crippen molar-refractivity contribution < 1.29 is 74.2 Å². The van der Waals surface area contributed by atoms with Crippen LogP contribution >= 0.6 is 11.6 Å². The molecule has 0 aromatic heterocycles. The van der Waals surface area contributed by atoms with Crippen LogP contribution in [0.4, 0.5) is 11.4 Å². The first-order chi connectivity index (χ1) is 7.66. The summed E-state index contributed by atoms with van der Waals surface area (Å²) in [7, 11) is -5.39. The first-order valence-corrected chi connectivity index (χ1v) is 5.52. The number of hydrogen-bond donors (Lipinski definition) is 0. The second kappa shape index (κ2) is 6.34. The van der Waals surface area contributed by atoms with Crippen LogP contribution in [-0.4, -0.2) is 22.8 Å². The van der Waals surface area contributed by atoms with E-state index in [1.807, 2.05) is 0 Å². The van der Waals surface area contributed by atoms with Crippen LogP contribution in [-0.2, 0) is 10.1 Å². The molecule has 0 unspecified atom stereocenters. The van der Waals surface area contributed by atoms with Crippen molar-refractivity contribution >= 4 is 33.1 Å². The molecule has 0 saturated heterocycles. The molecule has 0 radical (unpaired) electrons. The largest absolute Gasteiger partial charge is 1.00 e. The number of benzene rings is 1. The van der Waals surface area contributed by atoms with Crippen molar-refractivity contribution in [3.63, 3.8) is 0 Å². The van der Waals surface area contributed by atoms with Gasteiger partial charge in [-0.1, -0.05) is 11.6 Å². The van der Waals surface area contributed by atoms with Gasteiger partial charge in [0.25, 0.3) is 5.69 Å². The van der Waals surface area contributed by atoms with Crippen LogP contribution < -0.4 is 51.4 Å². The summed E-state index contributed by atoms with van der Waals surface area (Å²) in [5.41, 5.74) is -2.48. The molecule has 0 aliphatic rings. The molecule has 9 nitrogen and oxygen atoms in total. The van der Waals surface area contributed by atoms with Crippen molar-refractivity contribution in [2.75, 3.05) is 0 Å². The molecule has 0 fully saturated rings. The topological polar surface area (TPSA) is 143 Å². The van der Waals surface area contributed by atoms with E-state index in [1.54, 1.807) is 0 Å². The molecular weight excluding hydrogens is 319 g/mol. The van der Waals surface area contributed by atoms with E-state index in [0.29, 0.717) is 6.07 Å². The average molecular weight is 321 g/mol. The molecule has 12 heteroatoms. The summed E-state index contributed by atoms with van der Waals surface area (Å²) >= 11 is 5.34. The van der Waals surface area contributed by atoms with E-state index in [0.717, 1.165) is 6.07 Å². The van der Waals surface area contributed by atoms with Gasteiger partial charge in [-0.3, -0.25) is 20.2 Å². The van der Waals surface area contributed by atoms with Crippen LogP contribution in [0.15, 0.2) is 17.0 Å². The summed E-state index contributed by atoms with van der Waals surface area (Å²) in [6, 6.07) is 1.38. The molecule has 18 heavy (non-hydrogen) atoms. The molecule has 0 aliphatic carbocycles. The average Bonchev–Trinajstić information content (AvgIpc) is 2.14. The Morgan fingerprint density at radius 1 is 1.11 bits per heavy atom. The normalized spacial score (nSPS) is 10.6. The molecule has 1 rings (SSSR count). The monoisotopic (exact) mass is 320 g/mol. The Bertz CT molecular complexity index is 617. The van der Waals surface area contributed by atoms with Crippen molar-refractivity contribution in [1.82, 2.24) is 0 Å². The molecule has 92 valence electrons. The van der Waals surface area contributed by atoms with Crippen molar-refractivity contribution in [2.45, 2.75) is 4.90 Å². The zero-order chi connectivity index (χ0) is 13.4. The number of rotatable bonds is 3. The summed E-state index contributed by atoms with van der Waals surface area (Å²) < 4.78 is 32.4. The van der Waals surface area contributed by atoms with Crippen LogP contribution in [0.3, 0.4) is 0 Å². The Kier molecular flexibility index (Phi) is 6.29. The fourth-order valence-corrected chi connectivity index (χ4v) is 2.20. The standard InChI is InChI=1S/C6H3ClN2O7S.K/c7-3-1-2-4(8(10)11)6(17(14,15)16)5(3)9(12)13;/h1-2H,(H,14,15,16);/q;+1/p-1. The maximum absolute atomic E-state index is 10.8. The van der Waals surface area contributed by atoms with Crippen LogP contribution in [0.2, 0.25) is 5.02 Å². The van der Waals surface area contributed by atoms with E-state index in [4.69, 9.17) is 11.6 Å². The molecule has 1 aromatic carbocycles. The third kappa shape index (κ3) is 3.68. The maximum atomic E-state index is 10.8. The van der Waals surface area contributed by atoms with Gasteiger partial charge in [0.2, 0.25) is 4.90 Å². The molecule has 1 aromatic rings. The summed E-state index contributed by atoms with van der Waals surface area (Å²) in [4.78, 5) is 17.0. The number of nitro benzene ring substituents is 2. The first kappa shape index (κ1) is 17.9. The summed E-state index contributed by atoms with van der Waals surface area (Å²) in [6.45, 7) is 0. The predicted molar refractivity (Wildman–Crippen MR) is 52.7 cm³/mol. The van der Waals surface area contributed by atoms with E-state index in [9.17, 15) is 33.2 Å². The second-order valence-corrected chi connectivity index (χ2v) is 4.44. The van der Waals surface area contributed by atoms with Gasteiger partial charge in [-0.25, -0.2) is 8.42 Å². The van der Waals surface area contributed by atoms with Gasteiger partial charge in [0.05, 0.1) is 9.85 Å². The van der Waals surface area contributed by atoms with E-state index in [-0.39, 0.29) is 51.4 Å². The Labute approximate surface area is 148 Å². The minimum absolute atomic E-state index is 0. The fraction of sp³-hybridized carbons (Fsp3) is 0. The zero-order valence-electron chi connectivity index (χ0n) is 8.69. The maximum Gasteiger partial charge on any atom is 1.00 e.